The molecule has 2 aromatic rings. The molecule has 0 aromatic heterocycles. The number of carboxylic acid groups (broad SMARTS) is 1. The van der Waals surface area contributed by atoms with E-state index in [0.717, 1.165) is 16.3 Å². The van der Waals surface area contributed by atoms with Gasteiger partial charge in [-0.1, -0.05) is 42.5 Å². The fourth-order valence-corrected chi connectivity index (χ4v) is 2.53. The molecule has 1 unspecified atom stereocenters. The summed E-state index contributed by atoms with van der Waals surface area (Å²) < 4.78 is 0. The second-order valence-electron chi connectivity index (χ2n) is 5.32. The molecule has 0 bridgehead atoms. The lowest BCUT2D eigenvalue weighted by molar-refractivity contribution is -0.148. The van der Waals surface area contributed by atoms with Crippen molar-refractivity contribution in [1.29, 1.82) is 0 Å². The van der Waals surface area contributed by atoms with Gasteiger partial charge in [-0.15, -0.1) is 0 Å². The van der Waals surface area contributed by atoms with E-state index in [1.165, 1.54) is 0 Å². The van der Waals surface area contributed by atoms with Gasteiger partial charge in [0.25, 0.3) is 0 Å². The molecule has 0 radical (unpaired) electrons. The van der Waals surface area contributed by atoms with Gasteiger partial charge in [0.1, 0.15) is 0 Å². The molecular weight excluding hydrogens is 238 g/mol. The monoisotopic (exact) mass is 257 g/mol. The molecule has 0 heterocycles. The number of hydrogen-bond acceptors (Lipinski definition) is 2. The summed E-state index contributed by atoms with van der Waals surface area (Å²) in [4.78, 5) is 11.5. The summed E-state index contributed by atoms with van der Waals surface area (Å²) in [6, 6.07) is 13.8. The SMILES string of the molecule is CNC(c1cccc2ccccc12)C(C)(C)C(=O)O. The zero-order chi connectivity index (χ0) is 14.0. The Labute approximate surface area is 113 Å². The van der Waals surface area contributed by atoms with Gasteiger partial charge in [0.05, 0.1) is 5.41 Å². The molecule has 0 spiro atoms. The van der Waals surface area contributed by atoms with E-state index in [9.17, 15) is 9.90 Å². The Bertz CT molecular complexity index is 599. The molecule has 0 amide bonds. The highest BCUT2D eigenvalue weighted by molar-refractivity contribution is 5.87. The molecule has 0 fully saturated rings. The molecule has 100 valence electrons. The van der Waals surface area contributed by atoms with Gasteiger partial charge in [0.2, 0.25) is 0 Å². The van der Waals surface area contributed by atoms with Crippen molar-refractivity contribution < 1.29 is 9.90 Å². The van der Waals surface area contributed by atoms with Crippen molar-refractivity contribution in [2.75, 3.05) is 7.05 Å². The van der Waals surface area contributed by atoms with Gasteiger partial charge in [-0.05, 0) is 37.2 Å². The number of carbonyl (C=O) groups is 1. The second kappa shape index (κ2) is 5.02. The van der Waals surface area contributed by atoms with Crippen molar-refractivity contribution in [2.24, 2.45) is 5.41 Å². The summed E-state index contributed by atoms with van der Waals surface area (Å²) in [5.74, 6) is -0.806. The first-order valence-electron chi connectivity index (χ1n) is 6.37. The number of nitrogens with one attached hydrogen (secondary N) is 1. The predicted octanol–water partition coefficient (Wildman–Crippen LogP) is 3.21. The molecule has 0 aliphatic rings. The van der Waals surface area contributed by atoms with Crippen LogP contribution in [0.3, 0.4) is 0 Å². The van der Waals surface area contributed by atoms with Crippen molar-refractivity contribution in [1.82, 2.24) is 5.32 Å². The van der Waals surface area contributed by atoms with Gasteiger partial charge < -0.3 is 10.4 Å². The topological polar surface area (TPSA) is 49.3 Å². The quantitative estimate of drug-likeness (QED) is 0.884. The molecule has 2 aromatic carbocycles. The summed E-state index contributed by atoms with van der Waals surface area (Å²) in [5, 5.41) is 14.8. The maximum absolute atomic E-state index is 11.5. The number of hydrogen-bond donors (Lipinski definition) is 2. The highest BCUT2D eigenvalue weighted by Crippen LogP contribution is 2.36. The highest BCUT2D eigenvalue weighted by Gasteiger charge is 2.37. The molecule has 0 aliphatic carbocycles. The van der Waals surface area contributed by atoms with Crippen molar-refractivity contribution in [3.05, 3.63) is 48.0 Å². The minimum atomic E-state index is -0.876. The number of rotatable bonds is 4. The number of aliphatic carboxylic acids is 1. The van der Waals surface area contributed by atoms with Crippen LogP contribution in [0.4, 0.5) is 0 Å². The second-order valence-corrected chi connectivity index (χ2v) is 5.32. The summed E-state index contributed by atoms with van der Waals surface area (Å²) in [6.07, 6.45) is 0. The van der Waals surface area contributed by atoms with Crippen molar-refractivity contribution in [2.45, 2.75) is 19.9 Å². The normalized spacial score (nSPS) is 13.4. The standard InChI is InChI=1S/C16H19NO2/c1-16(2,15(18)19)14(17-3)13-10-6-8-11-7-4-5-9-12(11)13/h4-10,14,17H,1-3H3,(H,18,19). The van der Waals surface area contributed by atoms with E-state index in [1.807, 2.05) is 42.5 Å². The summed E-state index contributed by atoms with van der Waals surface area (Å²) >= 11 is 0. The molecular formula is C16H19NO2. The molecule has 0 saturated heterocycles. The molecule has 0 saturated carbocycles. The Hall–Kier alpha value is -1.87. The van der Waals surface area contributed by atoms with Crippen LogP contribution < -0.4 is 5.32 Å². The van der Waals surface area contributed by atoms with Gasteiger partial charge in [-0.3, -0.25) is 4.79 Å². The highest BCUT2D eigenvalue weighted by atomic mass is 16.4. The lowest BCUT2D eigenvalue weighted by Gasteiger charge is -2.31. The van der Waals surface area contributed by atoms with Crippen LogP contribution >= 0.6 is 0 Å². The van der Waals surface area contributed by atoms with Crippen LogP contribution in [0.1, 0.15) is 25.5 Å². The van der Waals surface area contributed by atoms with Gasteiger partial charge in [0.15, 0.2) is 0 Å². The molecule has 2 rings (SSSR count). The zero-order valence-electron chi connectivity index (χ0n) is 11.5. The van der Waals surface area contributed by atoms with E-state index in [-0.39, 0.29) is 6.04 Å². The van der Waals surface area contributed by atoms with E-state index in [1.54, 1.807) is 20.9 Å². The number of fused-ring (bicyclic) bond motifs is 1. The molecule has 3 heteroatoms. The zero-order valence-corrected chi connectivity index (χ0v) is 11.5. The third kappa shape index (κ3) is 2.34. The van der Waals surface area contributed by atoms with Crippen molar-refractivity contribution in [3.8, 4) is 0 Å². The maximum atomic E-state index is 11.5. The van der Waals surface area contributed by atoms with Gasteiger partial charge in [0, 0.05) is 6.04 Å². The van der Waals surface area contributed by atoms with Gasteiger partial charge in [-0.2, -0.15) is 0 Å². The smallest absolute Gasteiger partial charge is 0.311 e. The van der Waals surface area contributed by atoms with Crippen LogP contribution in [0, 0.1) is 5.41 Å². The average molecular weight is 257 g/mol. The first-order valence-corrected chi connectivity index (χ1v) is 6.37. The van der Waals surface area contributed by atoms with Crippen LogP contribution in [0.5, 0.6) is 0 Å². The Morgan fingerprint density at radius 1 is 1.16 bits per heavy atom. The molecule has 2 N–H and O–H groups in total. The lowest BCUT2D eigenvalue weighted by Crippen LogP contribution is -2.38. The fourth-order valence-electron chi connectivity index (χ4n) is 2.53. The summed E-state index contributed by atoms with van der Waals surface area (Å²) in [7, 11) is 1.80. The molecule has 19 heavy (non-hydrogen) atoms. The van der Waals surface area contributed by atoms with Crippen LogP contribution in [0.25, 0.3) is 10.8 Å². The van der Waals surface area contributed by atoms with E-state index in [4.69, 9.17) is 0 Å². The number of benzene rings is 2. The minimum absolute atomic E-state index is 0.240. The van der Waals surface area contributed by atoms with Crippen LogP contribution in [0.2, 0.25) is 0 Å². The van der Waals surface area contributed by atoms with Crippen molar-refractivity contribution in [3.63, 3.8) is 0 Å². The van der Waals surface area contributed by atoms with Crippen LogP contribution in [-0.4, -0.2) is 18.1 Å². The third-order valence-electron chi connectivity index (χ3n) is 3.70. The van der Waals surface area contributed by atoms with Gasteiger partial charge in [-0.25, -0.2) is 0 Å². The predicted molar refractivity (Wildman–Crippen MR) is 77.2 cm³/mol. The summed E-state index contributed by atoms with van der Waals surface area (Å²) in [6.45, 7) is 3.50. The van der Waals surface area contributed by atoms with E-state index >= 15 is 0 Å². The third-order valence-corrected chi connectivity index (χ3v) is 3.70. The molecule has 0 aliphatic heterocycles. The van der Waals surface area contributed by atoms with Crippen molar-refractivity contribution >= 4 is 16.7 Å². The Morgan fingerprint density at radius 2 is 1.79 bits per heavy atom. The van der Waals surface area contributed by atoms with E-state index in [2.05, 4.69) is 5.32 Å². The lowest BCUT2D eigenvalue weighted by atomic mass is 9.79. The Morgan fingerprint density at radius 3 is 2.42 bits per heavy atom. The van der Waals surface area contributed by atoms with Crippen LogP contribution in [0.15, 0.2) is 42.5 Å². The largest absolute Gasteiger partial charge is 0.481 e. The molecule has 1 atom stereocenters. The summed E-state index contributed by atoms with van der Waals surface area (Å²) in [5.41, 5.74) is 0.145. The number of carboxylic acids is 1. The van der Waals surface area contributed by atoms with E-state index < -0.39 is 11.4 Å². The Balaban J connectivity index is 2.62. The van der Waals surface area contributed by atoms with Crippen LogP contribution in [-0.2, 0) is 4.79 Å². The average Bonchev–Trinajstić information content (AvgIpc) is 2.39. The minimum Gasteiger partial charge on any atom is -0.481 e. The molecule has 3 nitrogen and oxygen atoms in total. The Kier molecular flexibility index (Phi) is 3.58. The van der Waals surface area contributed by atoms with Gasteiger partial charge >= 0.3 is 5.97 Å². The maximum Gasteiger partial charge on any atom is 0.311 e. The first kappa shape index (κ1) is 13.6. The fraction of sp³-hybridized carbons (Fsp3) is 0.312. The first-order chi connectivity index (χ1) is 8.98. The van der Waals surface area contributed by atoms with E-state index in [0.29, 0.717) is 0 Å².